The Morgan fingerprint density at radius 2 is 1.24 bits per heavy atom. The third-order valence-corrected chi connectivity index (χ3v) is 6.28. The molecule has 2 amide bonds. The van der Waals surface area contributed by atoms with E-state index in [1.54, 1.807) is 36.4 Å². The fourth-order valence-electron chi connectivity index (χ4n) is 4.40. The minimum absolute atomic E-state index is 0.284. The van der Waals surface area contributed by atoms with Crippen molar-refractivity contribution in [3.8, 4) is 11.5 Å². The molecule has 2 N–H and O–H groups in total. The number of hydrogen-bond donors (Lipinski definition) is 2. The molecule has 5 rings (SSSR count). The minimum atomic E-state index is -0.293. The number of carbonyl (C=O) groups excluding carboxylic acids is 2. The zero-order valence-corrected chi connectivity index (χ0v) is 21.1. The first kappa shape index (κ1) is 24.6. The predicted octanol–water partition coefficient (Wildman–Crippen LogP) is 6.21. The Balaban J connectivity index is 1.46. The van der Waals surface area contributed by atoms with Gasteiger partial charge < -0.3 is 24.7 Å². The van der Waals surface area contributed by atoms with Gasteiger partial charge in [-0.15, -0.1) is 0 Å². The number of benzene rings is 4. The maximum absolute atomic E-state index is 13.6. The van der Waals surface area contributed by atoms with Crippen molar-refractivity contribution in [2.24, 2.45) is 0 Å². The normalized spacial score (nSPS) is 10.7. The van der Waals surface area contributed by atoms with Gasteiger partial charge in [0, 0.05) is 35.1 Å². The van der Waals surface area contributed by atoms with Gasteiger partial charge in [-0.05, 0) is 29.8 Å². The number of para-hydroxylation sites is 1. The predicted molar refractivity (Wildman–Crippen MR) is 149 cm³/mol. The van der Waals surface area contributed by atoms with Crippen molar-refractivity contribution >= 4 is 34.1 Å². The van der Waals surface area contributed by atoms with E-state index in [0.29, 0.717) is 40.7 Å². The van der Waals surface area contributed by atoms with Gasteiger partial charge in [-0.3, -0.25) is 9.59 Å². The maximum atomic E-state index is 13.6. The van der Waals surface area contributed by atoms with Crippen LogP contribution in [0.5, 0.6) is 11.5 Å². The molecule has 0 fully saturated rings. The second-order valence-corrected chi connectivity index (χ2v) is 8.69. The maximum Gasteiger partial charge on any atom is 0.272 e. The van der Waals surface area contributed by atoms with Crippen LogP contribution in [0.15, 0.2) is 103 Å². The fourth-order valence-corrected chi connectivity index (χ4v) is 4.40. The second kappa shape index (κ2) is 10.9. The lowest BCUT2D eigenvalue weighted by molar-refractivity contribution is 0.101. The monoisotopic (exact) mass is 505 g/mol. The summed E-state index contributed by atoms with van der Waals surface area (Å²) < 4.78 is 13.1. The van der Waals surface area contributed by atoms with Crippen molar-refractivity contribution in [1.82, 2.24) is 4.57 Å². The van der Waals surface area contributed by atoms with Crippen molar-refractivity contribution < 1.29 is 19.1 Å². The van der Waals surface area contributed by atoms with E-state index in [2.05, 4.69) is 10.6 Å². The summed E-state index contributed by atoms with van der Waals surface area (Å²) in [7, 11) is 3.01. The second-order valence-electron chi connectivity index (χ2n) is 8.69. The van der Waals surface area contributed by atoms with E-state index in [9.17, 15) is 9.59 Å². The largest absolute Gasteiger partial charge is 0.494 e. The first-order chi connectivity index (χ1) is 18.6. The number of aromatic nitrogens is 1. The number of nitrogens with one attached hydrogen (secondary N) is 2. The molecule has 1 heterocycles. The molecule has 0 unspecified atom stereocenters. The summed E-state index contributed by atoms with van der Waals surface area (Å²) in [5.74, 6) is 0.190. The Hall–Kier alpha value is -5.04. The molecule has 0 saturated heterocycles. The third-order valence-electron chi connectivity index (χ3n) is 6.28. The van der Waals surface area contributed by atoms with Crippen molar-refractivity contribution in [3.63, 3.8) is 0 Å². The highest BCUT2D eigenvalue weighted by Gasteiger charge is 2.20. The number of hydrogen-bond acceptors (Lipinski definition) is 4. The lowest BCUT2D eigenvalue weighted by Gasteiger charge is -2.17. The van der Waals surface area contributed by atoms with Crippen LogP contribution < -0.4 is 20.1 Å². The molecule has 5 aromatic rings. The Bertz CT molecular complexity index is 1590. The smallest absolute Gasteiger partial charge is 0.272 e. The highest BCUT2D eigenvalue weighted by atomic mass is 16.5. The summed E-state index contributed by atoms with van der Waals surface area (Å²) in [5.41, 5.74) is 3.92. The van der Waals surface area contributed by atoms with E-state index in [4.69, 9.17) is 9.47 Å². The molecule has 7 nitrogen and oxygen atoms in total. The SMILES string of the molecule is COc1cc(NC(=O)c2cc3ccccc3n2Cc2ccccc2)c(OC)cc1NC(=O)c1ccccc1. The number of rotatable bonds is 8. The Labute approximate surface area is 220 Å². The van der Waals surface area contributed by atoms with Crippen molar-refractivity contribution in [3.05, 3.63) is 120 Å². The standard InChI is InChI=1S/C31H27N3O4/c1-37-28-19-25(29(38-2)18-24(28)32-30(35)22-13-7-4-8-14-22)33-31(36)27-17-23-15-9-10-16-26(23)34(27)20-21-11-5-3-6-12-21/h3-19H,20H2,1-2H3,(H,32,35)(H,33,36). The van der Waals surface area contributed by atoms with Crippen LogP contribution >= 0.6 is 0 Å². The van der Waals surface area contributed by atoms with Gasteiger partial charge in [-0.25, -0.2) is 0 Å². The van der Waals surface area contributed by atoms with Gasteiger partial charge in [0.25, 0.3) is 11.8 Å². The lowest BCUT2D eigenvalue weighted by atomic mass is 10.2. The van der Waals surface area contributed by atoms with Crippen LogP contribution in [-0.4, -0.2) is 30.6 Å². The summed E-state index contributed by atoms with van der Waals surface area (Å²) in [4.78, 5) is 26.3. The van der Waals surface area contributed by atoms with Gasteiger partial charge in [0.2, 0.25) is 0 Å². The third kappa shape index (κ3) is 5.08. The van der Waals surface area contributed by atoms with Gasteiger partial charge >= 0.3 is 0 Å². The molecule has 190 valence electrons. The van der Waals surface area contributed by atoms with Gasteiger partial charge in [-0.1, -0.05) is 66.7 Å². The Kier molecular flexibility index (Phi) is 7.08. The molecular formula is C31H27N3O4. The van der Waals surface area contributed by atoms with E-state index in [-0.39, 0.29) is 11.8 Å². The minimum Gasteiger partial charge on any atom is -0.494 e. The first-order valence-electron chi connectivity index (χ1n) is 12.1. The molecule has 0 aliphatic heterocycles. The van der Waals surface area contributed by atoms with E-state index in [0.717, 1.165) is 16.5 Å². The number of ether oxygens (including phenoxy) is 2. The van der Waals surface area contributed by atoms with Crippen LogP contribution in [0.25, 0.3) is 10.9 Å². The number of fused-ring (bicyclic) bond motifs is 1. The number of nitrogens with zero attached hydrogens (tertiary/aromatic N) is 1. The summed E-state index contributed by atoms with van der Waals surface area (Å²) in [6, 6.07) is 31.9. The van der Waals surface area contributed by atoms with E-state index in [1.165, 1.54) is 14.2 Å². The Morgan fingerprint density at radius 3 is 1.87 bits per heavy atom. The molecule has 0 aliphatic carbocycles. The molecular weight excluding hydrogens is 478 g/mol. The fraction of sp³-hybridized carbons (Fsp3) is 0.0968. The van der Waals surface area contributed by atoms with Gasteiger partial charge in [0.15, 0.2) is 0 Å². The molecule has 4 aromatic carbocycles. The average molecular weight is 506 g/mol. The molecule has 0 saturated carbocycles. The van der Waals surface area contributed by atoms with Gasteiger partial charge in [0.05, 0.1) is 25.6 Å². The average Bonchev–Trinajstić information content (AvgIpc) is 3.33. The summed E-state index contributed by atoms with van der Waals surface area (Å²) >= 11 is 0. The van der Waals surface area contributed by atoms with Crippen molar-refractivity contribution in [2.75, 3.05) is 24.9 Å². The van der Waals surface area contributed by atoms with E-state index in [1.807, 2.05) is 71.3 Å². The van der Waals surface area contributed by atoms with Crippen LogP contribution in [-0.2, 0) is 6.54 Å². The number of amides is 2. The molecule has 0 aliphatic rings. The highest BCUT2D eigenvalue weighted by Crippen LogP contribution is 2.37. The van der Waals surface area contributed by atoms with Crippen LogP contribution in [0.4, 0.5) is 11.4 Å². The van der Waals surface area contributed by atoms with Crippen LogP contribution in [0.3, 0.4) is 0 Å². The first-order valence-corrected chi connectivity index (χ1v) is 12.1. The molecule has 38 heavy (non-hydrogen) atoms. The number of anilines is 2. The van der Waals surface area contributed by atoms with Gasteiger partial charge in [0.1, 0.15) is 17.2 Å². The molecule has 0 atom stereocenters. The van der Waals surface area contributed by atoms with Crippen LogP contribution in [0, 0.1) is 0 Å². The molecule has 0 bridgehead atoms. The summed E-state index contributed by atoms with van der Waals surface area (Å²) in [5, 5.41) is 6.80. The number of carbonyl (C=O) groups is 2. The number of methoxy groups -OCH3 is 2. The topological polar surface area (TPSA) is 81.6 Å². The van der Waals surface area contributed by atoms with Crippen molar-refractivity contribution in [1.29, 1.82) is 0 Å². The van der Waals surface area contributed by atoms with Gasteiger partial charge in [-0.2, -0.15) is 0 Å². The van der Waals surface area contributed by atoms with E-state index < -0.39 is 0 Å². The zero-order chi connectivity index (χ0) is 26.5. The van der Waals surface area contributed by atoms with Crippen molar-refractivity contribution in [2.45, 2.75) is 6.54 Å². The molecule has 7 heteroatoms. The zero-order valence-electron chi connectivity index (χ0n) is 21.1. The summed E-state index contributed by atoms with van der Waals surface area (Å²) in [6.45, 7) is 0.544. The Morgan fingerprint density at radius 1 is 0.684 bits per heavy atom. The lowest BCUT2D eigenvalue weighted by Crippen LogP contribution is -2.18. The summed E-state index contributed by atoms with van der Waals surface area (Å²) in [6.07, 6.45) is 0. The molecule has 0 spiro atoms. The molecule has 1 aromatic heterocycles. The quantitative estimate of drug-likeness (QED) is 0.263. The highest BCUT2D eigenvalue weighted by molar-refractivity contribution is 6.08. The van der Waals surface area contributed by atoms with Crippen LogP contribution in [0.1, 0.15) is 26.4 Å². The van der Waals surface area contributed by atoms with E-state index >= 15 is 0 Å². The van der Waals surface area contributed by atoms with Crippen LogP contribution in [0.2, 0.25) is 0 Å². The molecule has 0 radical (unpaired) electrons.